The van der Waals surface area contributed by atoms with Crippen LogP contribution in [0.4, 0.5) is 0 Å². The molecule has 0 aliphatic rings. The van der Waals surface area contributed by atoms with Gasteiger partial charge in [-0.1, -0.05) is 20.8 Å². The first-order chi connectivity index (χ1) is 6.38. The molecule has 0 aromatic heterocycles. The minimum atomic E-state index is -2.12. The van der Waals surface area contributed by atoms with Gasteiger partial charge in [0.15, 0.2) is 0 Å². The summed E-state index contributed by atoms with van der Waals surface area (Å²) in [5.74, 6) is 0. The third kappa shape index (κ3) is 6.09. The number of hydrogen-bond donors (Lipinski definition) is 0. The van der Waals surface area contributed by atoms with Gasteiger partial charge in [-0.25, -0.2) is 0 Å². The van der Waals surface area contributed by atoms with E-state index in [1.807, 2.05) is 12.1 Å². The second-order valence-electron chi connectivity index (χ2n) is 3.92. The molecule has 2 nitrogen and oxygen atoms in total. The van der Waals surface area contributed by atoms with Crippen LogP contribution in [0.15, 0.2) is 34.1 Å². The van der Waals surface area contributed by atoms with Crippen LogP contribution in [-0.2, 0) is 11.1 Å². The number of hydrogen-bond acceptors (Lipinski definition) is 3. The molecule has 78 valence electrons. The summed E-state index contributed by atoms with van der Waals surface area (Å²) in [6.07, 6.45) is 0. The topological polar surface area (TPSA) is 40.1 Å². The second-order valence-corrected chi connectivity index (χ2v) is 6.76. The van der Waals surface area contributed by atoms with Crippen molar-refractivity contribution in [1.29, 1.82) is 0 Å². The van der Waals surface area contributed by atoms with Crippen LogP contribution in [0.5, 0.6) is 0 Å². The summed E-state index contributed by atoms with van der Waals surface area (Å²) in [5, 5.41) is 0. The van der Waals surface area contributed by atoms with Crippen LogP contribution >= 0.6 is 11.8 Å². The molecule has 0 amide bonds. The maximum Gasteiger partial charge on any atom is 1.00 e. The van der Waals surface area contributed by atoms with Gasteiger partial charge in [0, 0.05) is 14.5 Å². The zero-order valence-electron chi connectivity index (χ0n) is 9.44. The Morgan fingerprint density at radius 1 is 1.20 bits per heavy atom. The van der Waals surface area contributed by atoms with Crippen molar-refractivity contribution in [2.75, 3.05) is 0 Å². The fraction of sp³-hybridized carbons (Fsp3) is 0.400. The molecule has 0 radical (unpaired) electrons. The quantitative estimate of drug-likeness (QED) is 0.416. The molecule has 0 saturated heterocycles. The summed E-state index contributed by atoms with van der Waals surface area (Å²) in [6, 6.07) is 6.91. The van der Waals surface area contributed by atoms with Gasteiger partial charge in [-0.05, 0) is 35.3 Å². The molecule has 0 saturated carbocycles. The first-order valence-corrected chi connectivity index (χ1v) is 6.16. The van der Waals surface area contributed by atoms with E-state index in [2.05, 4.69) is 20.8 Å². The molecule has 0 N–H and O–H groups in total. The van der Waals surface area contributed by atoms with Crippen molar-refractivity contribution >= 4 is 22.8 Å². The predicted molar refractivity (Wildman–Crippen MR) is 59.2 cm³/mol. The molecule has 0 fully saturated rings. The minimum Gasteiger partial charge on any atom is -0.768 e. The van der Waals surface area contributed by atoms with Crippen molar-refractivity contribution in [3.8, 4) is 0 Å². The molecule has 0 bridgehead atoms. The average molecular weight is 252 g/mol. The average Bonchev–Trinajstić information content (AvgIpc) is 2.02. The summed E-state index contributed by atoms with van der Waals surface area (Å²) < 4.78 is 21.3. The number of thioether (sulfide) groups is 1. The number of rotatable bonds is 2. The van der Waals surface area contributed by atoms with Gasteiger partial charge in [-0.15, -0.1) is 11.8 Å². The van der Waals surface area contributed by atoms with Gasteiger partial charge in [-0.3, -0.25) is 4.21 Å². The SMILES string of the molecule is CC(C)(C)Sc1ccc(S(=O)[O-])cc1.[Na+]. The van der Waals surface area contributed by atoms with Gasteiger partial charge >= 0.3 is 29.6 Å². The maximum absolute atomic E-state index is 10.6. The first-order valence-electron chi connectivity index (χ1n) is 4.27. The molecule has 0 heterocycles. The summed E-state index contributed by atoms with van der Waals surface area (Å²) in [6.45, 7) is 6.37. The summed E-state index contributed by atoms with van der Waals surface area (Å²) >= 11 is -0.399. The van der Waals surface area contributed by atoms with Crippen LogP contribution < -0.4 is 29.6 Å². The smallest absolute Gasteiger partial charge is 0.768 e. The standard InChI is InChI=1S/C10H14O2S2.Na/c1-10(2,3)13-8-4-6-9(7-5-8)14(11)12;/h4-7H,1-3H3,(H,11,12);/q;+1/p-1. The molecular weight excluding hydrogens is 239 g/mol. The molecular formula is C10H13NaO2S2. The van der Waals surface area contributed by atoms with Crippen molar-refractivity contribution < 1.29 is 38.3 Å². The summed E-state index contributed by atoms with van der Waals surface area (Å²) in [5.41, 5.74) is 0. The van der Waals surface area contributed by atoms with Gasteiger partial charge in [0.05, 0.1) is 0 Å². The van der Waals surface area contributed by atoms with Crippen molar-refractivity contribution in [3.05, 3.63) is 24.3 Å². The molecule has 0 spiro atoms. The van der Waals surface area contributed by atoms with Crippen molar-refractivity contribution in [2.45, 2.75) is 35.3 Å². The van der Waals surface area contributed by atoms with E-state index in [0.29, 0.717) is 4.90 Å². The van der Waals surface area contributed by atoms with Gasteiger partial charge in [0.1, 0.15) is 0 Å². The third-order valence-electron chi connectivity index (χ3n) is 1.44. The molecule has 1 unspecified atom stereocenters. The Morgan fingerprint density at radius 2 is 1.67 bits per heavy atom. The van der Waals surface area contributed by atoms with E-state index in [-0.39, 0.29) is 34.3 Å². The van der Waals surface area contributed by atoms with Crippen molar-refractivity contribution in [1.82, 2.24) is 0 Å². The molecule has 0 aliphatic heterocycles. The van der Waals surface area contributed by atoms with Crippen LogP contribution in [0, 0.1) is 0 Å². The Balaban J connectivity index is 0.00000196. The molecule has 1 aromatic carbocycles. The fourth-order valence-corrected chi connectivity index (χ4v) is 2.31. The zero-order chi connectivity index (χ0) is 10.8. The van der Waals surface area contributed by atoms with Crippen LogP contribution in [0.1, 0.15) is 20.8 Å². The van der Waals surface area contributed by atoms with Gasteiger partial charge in [-0.2, -0.15) is 0 Å². The normalized spacial score (nSPS) is 13.1. The molecule has 15 heavy (non-hydrogen) atoms. The second kappa shape index (κ2) is 6.42. The Morgan fingerprint density at radius 3 is 2.00 bits per heavy atom. The largest absolute Gasteiger partial charge is 1.00 e. The van der Waals surface area contributed by atoms with Crippen molar-refractivity contribution in [2.24, 2.45) is 0 Å². The summed E-state index contributed by atoms with van der Waals surface area (Å²) in [7, 11) is 0. The van der Waals surface area contributed by atoms with E-state index in [0.717, 1.165) is 4.90 Å². The monoisotopic (exact) mass is 252 g/mol. The zero-order valence-corrected chi connectivity index (χ0v) is 13.1. The van der Waals surface area contributed by atoms with Crippen molar-refractivity contribution in [3.63, 3.8) is 0 Å². The van der Waals surface area contributed by atoms with Crippen LogP contribution in [0.25, 0.3) is 0 Å². The molecule has 1 atom stereocenters. The van der Waals surface area contributed by atoms with E-state index >= 15 is 0 Å². The van der Waals surface area contributed by atoms with E-state index in [1.54, 1.807) is 23.9 Å². The Kier molecular flexibility index (Phi) is 6.72. The van der Waals surface area contributed by atoms with E-state index in [1.165, 1.54) is 0 Å². The van der Waals surface area contributed by atoms with Crippen LogP contribution in [0.2, 0.25) is 0 Å². The molecule has 1 rings (SSSR count). The van der Waals surface area contributed by atoms with E-state index in [9.17, 15) is 8.76 Å². The molecule has 0 aliphatic carbocycles. The Bertz CT molecular complexity index is 330. The summed E-state index contributed by atoms with van der Waals surface area (Å²) in [4.78, 5) is 1.43. The van der Waals surface area contributed by atoms with Crippen LogP contribution in [0.3, 0.4) is 0 Å². The maximum atomic E-state index is 10.6. The minimum absolute atomic E-state index is 0. The van der Waals surface area contributed by atoms with Gasteiger partial charge in [0.25, 0.3) is 0 Å². The Labute approximate surface area is 120 Å². The first kappa shape index (κ1) is 15.7. The Hall–Kier alpha value is 0.680. The third-order valence-corrected chi connectivity index (χ3v) is 3.22. The van der Waals surface area contributed by atoms with Crippen LogP contribution in [-0.4, -0.2) is 13.5 Å². The molecule has 5 heteroatoms. The fourth-order valence-electron chi connectivity index (χ4n) is 0.972. The van der Waals surface area contributed by atoms with Gasteiger partial charge in [0.2, 0.25) is 0 Å². The van der Waals surface area contributed by atoms with E-state index < -0.39 is 11.1 Å². The number of benzene rings is 1. The molecule has 1 aromatic rings. The van der Waals surface area contributed by atoms with Gasteiger partial charge < -0.3 is 4.55 Å². The predicted octanol–water partition coefficient (Wildman–Crippen LogP) is -0.181. The van der Waals surface area contributed by atoms with E-state index in [4.69, 9.17) is 0 Å².